The molecule has 1 rings (SSSR count). The first-order valence-electron chi connectivity index (χ1n) is 8.92. The molecule has 1 heterocycles. The molecule has 1 aliphatic rings. The van der Waals surface area contributed by atoms with Gasteiger partial charge in [-0.05, 0) is 68.4 Å². The predicted molar refractivity (Wildman–Crippen MR) is 95.7 cm³/mol. The summed E-state index contributed by atoms with van der Waals surface area (Å²) in [7, 11) is 0. The lowest BCUT2D eigenvalue weighted by atomic mass is 9.63. The van der Waals surface area contributed by atoms with Gasteiger partial charge in [0.25, 0.3) is 0 Å². The molecule has 0 aliphatic carbocycles. The minimum atomic E-state index is 0.305. The molecule has 0 unspecified atom stereocenters. The van der Waals surface area contributed by atoms with Crippen molar-refractivity contribution in [2.45, 2.75) is 94.0 Å². The van der Waals surface area contributed by atoms with E-state index in [0.717, 1.165) is 5.92 Å². The molecule has 0 aromatic rings. The van der Waals surface area contributed by atoms with Gasteiger partial charge in [0.15, 0.2) is 0 Å². The van der Waals surface area contributed by atoms with E-state index in [4.69, 9.17) is 0 Å². The molecule has 1 saturated heterocycles. The molecular weight excluding hydrogens is 254 g/mol. The molecule has 21 heavy (non-hydrogen) atoms. The van der Waals surface area contributed by atoms with E-state index in [2.05, 4.69) is 74.1 Å². The van der Waals surface area contributed by atoms with Crippen molar-refractivity contribution < 1.29 is 0 Å². The van der Waals surface area contributed by atoms with Crippen LogP contribution in [-0.4, -0.2) is 23.5 Å². The van der Waals surface area contributed by atoms with Crippen LogP contribution in [0, 0.1) is 22.2 Å². The summed E-state index contributed by atoms with van der Waals surface area (Å²) >= 11 is 0. The highest BCUT2D eigenvalue weighted by Gasteiger charge is 2.41. The molecule has 0 spiro atoms. The third-order valence-corrected chi connectivity index (χ3v) is 6.48. The highest BCUT2D eigenvalue weighted by atomic mass is 15.2. The Kier molecular flexibility index (Phi) is 5.31. The van der Waals surface area contributed by atoms with Gasteiger partial charge in [-0.3, -0.25) is 4.90 Å². The normalized spacial score (nSPS) is 20.9. The van der Waals surface area contributed by atoms with Gasteiger partial charge in [-0.2, -0.15) is 0 Å². The Bertz CT molecular complexity index is 330. The smallest absolute Gasteiger partial charge is 0.0158 e. The topological polar surface area (TPSA) is 3.24 Å². The van der Waals surface area contributed by atoms with Gasteiger partial charge in [-0.15, -0.1) is 0 Å². The average molecular weight is 296 g/mol. The molecule has 0 radical (unpaired) electrons. The number of rotatable bonds is 3. The zero-order valence-corrected chi connectivity index (χ0v) is 16.6. The Morgan fingerprint density at radius 2 is 1.19 bits per heavy atom. The number of hydrogen-bond donors (Lipinski definition) is 0. The lowest BCUT2D eigenvalue weighted by molar-refractivity contribution is -0.00707. The SMILES string of the molecule is CC(C)(C)C1CCN(C(C)(C)CC(C)(C)C(C)(C)C)CC1. The monoisotopic (exact) mass is 295 g/mol. The van der Waals surface area contributed by atoms with Crippen molar-refractivity contribution in [1.82, 2.24) is 4.90 Å². The lowest BCUT2D eigenvalue weighted by Gasteiger charge is -2.51. The Balaban J connectivity index is 2.70. The van der Waals surface area contributed by atoms with E-state index in [0.29, 0.717) is 21.8 Å². The maximum Gasteiger partial charge on any atom is 0.0158 e. The second-order valence-electron chi connectivity index (χ2n) is 10.8. The summed E-state index contributed by atoms with van der Waals surface area (Å²) in [5, 5.41) is 0. The molecule has 1 heteroatoms. The minimum Gasteiger partial charge on any atom is -0.298 e. The Morgan fingerprint density at radius 3 is 1.52 bits per heavy atom. The van der Waals surface area contributed by atoms with Crippen LogP contribution in [0.25, 0.3) is 0 Å². The predicted octanol–water partition coefficient (Wildman–Crippen LogP) is 5.99. The molecule has 0 amide bonds. The van der Waals surface area contributed by atoms with Crippen LogP contribution in [0.5, 0.6) is 0 Å². The fourth-order valence-corrected chi connectivity index (χ4v) is 3.81. The van der Waals surface area contributed by atoms with Crippen molar-refractivity contribution in [2.24, 2.45) is 22.2 Å². The summed E-state index contributed by atoms with van der Waals surface area (Å²) in [5.74, 6) is 0.889. The number of likely N-dealkylation sites (tertiary alicyclic amines) is 1. The van der Waals surface area contributed by atoms with E-state index < -0.39 is 0 Å². The molecule has 1 fully saturated rings. The molecule has 0 N–H and O–H groups in total. The highest BCUT2D eigenvalue weighted by molar-refractivity contribution is 4.94. The van der Waals surface area contributed by atoms with Crippen molar-refractivity contribution in [3.63, 3.8) is 0 Å². The standard InChI is InChI=1S/C20H41N/c1-17(2,3)16-11-13-21(14-12-16)20(9,10)15-19(7,8)18(4,5)6/h16H,11-15H2,1-10H3. The van der Waals surface area contributed by atoms with Crippen molar-refractivity contribution in [2.75, 3.05) is 13.1 Å². The van der Waals surface area contributed by atoms with E-state index in [9.17, 15) is 0 Å². The summed E-state index contributed by atoms with van der Waals surface area (Å²) in [6.07, 6.45) is 4.00. The van der Waals surface area contributed by atoms with Crippen LogP contribution >= 0.6 is 0 Å². The van der Waals surface area contributed by atoms with E-state index in [-0.39, 0.29) is 0 Å². The number of piperidine rings is 1. The largest absolute Gasteiger partial charge is 0.298 e. The van der Waals surface area contributed by atoms with Crippen molar-refractivity contribution in [3.8, 4) is 0 Å². The number of nitrogens with zero attached hydrogens (tertiary/aromatic N) is 1. The van der Waals surface area contributed by atoms with Gasteiger partial charge in [0.05, 0.1) is 0 Å². The molecular formula is C20H41N. The van der Waals surface area contributed by atoms with Gasteiger partial charge >= 0.3 is 0 Å². The number of hydrogen-bond acceptors (Lipinski definition) is 1. The minimum absolute atomic E-state index is 0.305. The molecule has 0 atom stereocenters. The first-order chi connectivity index (χ1) is 9.17. The maximum absolute atomic E-state index is 2.75. The van der Waals surface area contributed by atoms with Crippen molar-refractivity contribution in [1.29, 1.82) is 0 Å². The van der Waals surface area contributed by atoms with Gasteiger partial charge in [0, 0.05) is 5.54 Å². The third kappa shape index (κ3) is 4.71. The first-order valence-corrected chi connectivity index (χ1v) is 8.92. The molecule has 0 aromatic heterocycles. The molecule has 1 aliphatic heterocycles. The van der Waals surface area contributed by atoms with Crippen LogP contribution in [0.3, 0.4) is 0 Å². The van der Waals surface area contributed by atoms with E-state index in [1.165, 1.54) is 32.4 Å². The van der Waals surface area contributed by atoms with Gasteiger partial charge in [-0.1, -0.05) is 55.4 Å². The van der Waals surface area contributed by atoms with Gasteiger partial charge < -0.3 is 0 Å². The van der Waals surface area contributed by atoms with E-state index >= 15 is 0 Å². The molecule has 0 aromatic carbocycles. The third-order valence-electron chi connectivity index (χ3n) is 6.48. The summed E-state index contributed by atoms with van der Waals surface area (Å²) in [5.41, 5.74) is 1.49. The Labute approximate surface area is 134 Å². The van der Waals surface area contributed by atoms with Gasteiger partial charge in [0.1, 0.15) is 0 Å². The Morgan fingerprint density at radius 1 is 0.762 bits per heavy atom. The van der Waals surface area contributed by atoms with Crippen molar-refractivity contribution in [3.05, 3.63) is 0 Å². The Hall–Kier alpha value is -0.0400. The van der Waals surface area contributed by atoms with Crippen LogP contribution in [0.4, 0.5) is 0 Å². The van der Waals surface area contributed by atoms with Crippen LogP contribution < -0.4 is 0 Å². The molecule has 1 nitrogen and oxygen atoms in total. The molecule has 126 valence electrons. The first kappa shape index (κ1) is 19.0. The summed E-state index contributed by atoms with van der Waals surface area (Å²) in [6.45, 7) is 26.7. The summed E-state index contributed by atoms with van der Waals surface area (Å²) in [6, 6.07) is 0. The highest BCUT2D eigenvalue weighted by Crippen LogP contribution is 2.46. The quantitative estimate of drug-likeness (QED) is 0.618. The van der Waals surface area contributed by atoms with Crippen LogP contribution in [0.15, 0.2) is 0 Å². The van der Waals surface area contributed by atoms with Crippen LogP contribution in [0.1, 0.15) is 88.5 Å². The average Bonchev–Trinajstić information content (AvgIpc) is 2.25. The molecule has 0 bridgehead atoms. The van der Waals surface area contributed by atoms with Crippen LogP contribution in [-0.2, 0) is 0 Å². The van der Waals surface area contributed by atoms with Crippen LogP contribution in [0.2, 0.25) is 0 Å². The fraction of sp³-hybridized carbons (Fsp3) is 1.00. The maximum atomic E-state index is 2.75. The zero-order valence-electron chi connectivity index (χ0n) is 16.6. The zero-order chi connectivity index (χ0) is 16.7. The fourth-order valence-electron chi connectivity index (χ4n) is 3.81. The summed E-state index contributed by atoms with van der Waals surface area (Å²) in [4.78, 5) is 2.75. The summed E-state index contributed by atoms with van der Waals surface area (Å²) < 4.78 is 0. The van der Waals surface area contributed by atoms with Gasteiger partial charge in [0.2, 0.25) is 0 Å². The second kappa shape index (κ2) is 5.87. The van der Waals surface area contributed by atoms with Crippen molar-refractivity contribution >= 4 is 0 Å². The van der Waals surface area contributed by atoms with E-state index in [1.54, 1.807) is 0 Å². The van der Waals surface area contributed by atoms with Gasteiger partial charge in [-0.25, -0.2) is 0 Å². The molecule has 0 saturated carbocycles. The second-order valence-corrected chi connectivity index (χ2v) is 10.8. The lowest BCUT2D eigenvalue weighted by Crippen LogP contribution is -2.52. The van der Waals surface area contributed by atoms with E-state index in [1.807, 2.05) is 0 Å².